The molecule has 1 N–H and O–H groups in total. The molecule has 22 heavy (non-hydrogen) atoms. The number of carbonyl (C=O) groups is 2. The van der Waals surface area contributed by atoms with Crippen LogP contribution < -0.4 is 0 Å². The molecular formula is C14H14N4O4. The Bertz CT molecular complexity index is 686. The largest absolute Gasteiger partial charge is 0.479 e. The number of carboxylic acids is 1. The summed E-state index contributed by atoms with van der Waals surface area (Å²) in [5.74, 6) is -0.944. The Morgan fingerprint density at radius 3 is 2.91 bits per heavy atom. The van der Waals surface area contributed by atoms with E-state index < -0.39 is 12.1 Å². The van der Waals surface area contributed by atoms with Gasteiger partial charge in [0.2, 0.25) is 0 Å². The normalized spacial score (nSPS) is 18.2. The van der Waals surface area contributed by atoms with Crippen molar-refractivity contribution in [1.29, 1.82) is 0 Å². The number of aromatic nitrogens is 3. The molecule has 0 aromatic carbocycles. The van der Waals surface area contributed by atoms with Crippen LogP contribution in [0.25, 0.3) is 5.82 Å². The summed E-state index contributed by atoms with van der Waals surface area (Å²) < 4.78 is 6.63. The third-order valence-corrected chi connectivity index (χ3v) is 3.37. The van der Waals surface area contributed by atoms with Crippen molar-refractivity contribution < 1.29 is 19.4 Å². The lowest BCUT2D eigenvalue weighted by molar-refractivity contribution is -0.154. The number of nitrogens with zero attached hydrogens (tertiary/aromatic N) is 4. The number of carbonyl (C=O) groups excluding carboxylic acids is 1. The molecule has 114 valence electrons. The molecule has 1 amide bonds. The maximum absolute atomic E-state index is 12.7. The molecule has 1 fully saturated rings. The van der Waals surface area contributed by atoms with Gasteiger partial charge in [-0.25, -0.2) is 14.5 Å². The predicted octanol–water partition coefficient (Wildman–Crippen LogP) is 0.193. The van der Waals surface area contributed by atoms with Crippen molar-refractivity contribution in [2.24, 2.45) is 0 Å². The molecule has 3 heterocycles. The molecule has 8 heteroatoms. The van der Waals surface area contributed by atoms with Gasteiger partial charge in [-0.3, -0.25) is 4.79 Å². The fourth-order valence-electron chi connectivity index (χ4n) is 2.29. The number of morpholine rings is 1. The molecular weight excluding hydrogens is 288 g/mol. The lowest BCUT2D eigenvalue weighted by Gasteiger charge is -2.31. The first-order valence-corrected chi connectivity index (χ1v) is 6.75. The van der Waals surface area contributed by atoms with Gasteiger partial charge in [-0.2, -0.15) is 5.10 Å². The van der Waals surface area contributed by atoms with E-state index in [-0.39, 0.29) is 19.1 Å². The zero-order valence-electron chi connectivity index (χ0n) is 11.6. The Kier molecular flexibility index (Phi) is 3.84. The molecule has 0 aliphatic carbocycles. The Morgan fingerprint density at radius 1 is 1.32 bits per heavy atom. The van der Waals surface area contributed by atoms with Crippen LogP contribution in [0.5, 0.6) is 0 Å². The molecule has 0 spiro atoms. The third kappa shape index (κ3) is 2.68. The quantitative estimate of drug-likeness (QED) is 0.869. The second-order valence-corrected chi connectivity index (χ2v) is 4.77. The Balaban J connectivity index is 1.88. The van der Waals surface area contributed by atoms with Gasteiger partial charge in [0.15, 0.2) is 11.9 Å². The van der Waals surface area contributed by atoms with E-state index in [0.29, 0.717) is 17.9 Å². The van der Waals surface area contributed by atoms with Gasteiger partial charge in [-0.05, 0) is 18.2 Å². The zero-order chi connectivity index (χ0) is 15.5. The topological polar surface area (TPSA) is 97.6 Å². The fourth-order valence-corrected chi connectivity index (χ4v) is 2.29. The maximum Gasteiger partial charge on any atom is 0.334 e. The minimum Gasteiger partial charge on any atom is -0.479 e. The number of pyridine rings is 1. The second kappa shape index (κ2) is 5.94. The summed E-state index contributed by atoms with van der Waals surface area (Å²) in [6.07, 6.45) is 3.87. The lowest BCUT2D eigenvalue weighted by atomic mass is 10.2. The highest BCUT2D eigenvalue weighted by molar-refractivity contribution is 5.97. The number of ether oxygens (including phenoxy) is 1. The molecule has 1 aliphatic heterocycles. The van der Waals surface area contributed by atoms with Crippen LogP contribution in [0, 0.1) is 0 Å². The summed E-state index contributed by atoms with van der Waals surface area (Å²) in [5.41, 5.74) is 0.372. The molecule has 1 aliphatic rings. The van der Waals surface area contributed by atoms with E-state index in [1.165, 1.54) is 9.58 Å². The highest BCUT2D eigenvalue weighted by atomic mass is 16.5. The molecule has 2 aromatic heterocycles. The minimum absolute atomic E-state index is 0.0155. The zero-order valence-corrected chi connectivity index (χ0v) is 11.6. The van der Waals surface area contributed by atoms with Crippen molar-refractivity contribution in [3.63, 3.8) is 0 Å². The van der Waals surface area contributed by atoms with E-state index >= 15 is 0 Å². The summed E-state index contributed by atoms with van der Waals surface area (Å²) in [6, 6.07) is 5.05. The van der Waals surface area contributed by atoms with Crippen molar-refractivity contribution in [3.05, 3.63) is 42.4 Å². The first-order valence-electron chi connectivity index (χ1n) is 6.75. The second-order valence-electron chi connectivity index (χ2n) is 4.77. The average molecular weight is 302 g/mol. The number of carboxylic acid groups (broad SMARTS) is 1. The number of aliphatic carboxylic acids is 1. The van der Waals surface area contributed by atoms with E-state index in [1.54, 1.807) is 36.8 Å². The van der Waals surface area contributed by atoms with Crippen LogP contribution in [0.3, 0.4) is 0 Å². The van der Waals surface area contributed by atoms with E-state index in [9.17, 15) is 9.59 Å². The third-order valence-electron chi connectivity index (χ3n) is 3.37. The number of hydrogen-bond donors (Lipinski definition) is 1. The van der Waals surface area contributed by atoms with Crippen LogP contribution in [-0.2, 0) is 9.53 Å². The molecule has 1 unspecified atom stereocenters. The van der Waals surface area contributed by atoms with Crippen molar-refractivity contribution in [3.8, 4) is 5.82 Å². The molecule has 8 nitrogen and oxygen atoms in total. The summed E-state index contributed by atoms with van der Waals surface area (Å²) in [5, 5.41) is 13.1. The van der Waals surface area contributed by atoms with Gasteiger partial charge in [0.05, 0.1) is 18.7 Å². The van der Waals surface area contributed by atoms with Gasteiger partial charge < -0.3 is 14.7 Å². The lowest BCUT2D eigenvalue weighted by Crippen LogP contribution is -2.48. The van der Waals surface area contributed by atoms with Crippen molar-refractivity contribution in [2.75, 3.05) is 19.7 Å². The van der Waals surface area contributed by atoms with Gasteiger partial charge in [-0.1, -0.05) is 0 Å². The molecule has 0 radical (unpaired) electrons. The number of rotatable bonds is 3. The molecule has 2 aromatic rings. The van der Waals surface area contributed by atoms with E-state index in [4.69, 9.17) is 9.84 Å². The monoisotopic (exact) mass is 302 g/mol. The van der Waals surface area contributed by atoms with Gasteiger partial charge >= 0.3 is 5.97 Å². The summed E-state index contributed by atoms with van der Waals surface area (Å²) in [7, 11) is 0. The molecule has 3 rings (SSSR count). The van der Waals surface area contributed by atoms with Gasteiger partial charge in [0.25, 0.3) is 5.91 Å². The van der Waals surface area contributed by atoms with E-state index in [1.807, 2.05) is 0 Å². The summed E-state index contributed by atoms with van der Waals surface area (Å²) in [4.78, 5) is 29.4. The van der Waals surface area contributed by atoms with Crippen LogP contribution in [0.2, 0.25) is 0 Å². The Morgan fingerprint density at radius 2 is 2.18 bits per heavy atom. The summed E-state index contributed by atoms with van der Waals surface area (Å²) in [6.45, 7) is 0.553. The smallest absolute Gasteiger partial charge is 0.334 e. The van der Waals surface area contributed by atoms with Crippen LogP contribution in [0.15, 0.2) is 36.8 Å². The minimum atomic E-state index is -1.07. The fraction of sp³-hybridized carbons (Fsp3) is 0.286. The summed E-state index contributed by atoms with van der Waals surface area (Å²) >= 11 is 0. The first kappa shape index (κ1) is 14.2. The molecule has 0 bridgehead atoms. The van der Waals surface area contributed by atoms with Gasteiger partial charge in [0, 0.05) is 25.1 Å². The van der Waals surface area contributed by atoms with Crippen molar-refractivity contribution in [1.82, 2.24) is 19.7 Å². The SMILES string of the molecule is O=C(O)C1CN(C(=O)c2cccnc2-n2cccn2)CCO1. The number of hydrogen-bond acceptors (Lipinski definition) is 5. The van der Waals surface area contributed by atoms with Crippen LogP contribution in [0.4, 0.5) is 0 Å². The maximum atomic E-state index is 12.7. The van der Waals surface area contributed by atoms with Crippen molar-refractivity contribution >= 4 is 11.9 Å². The van der Waals surface area contributed by atoms with Crippen LogP contribution >= 0.6 is 0 Å². The van der Waals surface area contributed by atoms with Crippen LogP contribution in [0.1, 0.15) is 10.4 Å². The van der Waals surface area contributed by atoms with Gasteiger partial charge in [0.1, 0.15) is 0 Å². The molecule has 0 saturated carbocycles. The predicted molar refractivity (Wildman–Crippen MR) is 74.6 cm³/mol. The van der Waals surface area contributed by atoms with Crippen molar-refractivity contribution in [2.45, 2.75) is 6.10 Å². The highest BCUT2D eigenvalue weighted by Gasteiger charge is 2.30. The van der Waals surface area contributed by atoms with Crippen LogP contribution in [-0.4, -0.2) is 62.4 Å². The Labute approximate surface area is 125 Å². The first-order chi connectivity index (χ1) is 10.7. The Hall–Kier alpha value is -2.74. The standard InChI is InChI=1S/C14H14N4O4/c19-13(17-7-8-22-11(9-17)14(20)21)10-3-1-4-15-12(10)18-6-2-5-16-18/h1-6,11H,7-9H2,(H,20,21). The van der Waals surface area contributed by atoms with Gasteiger partial charge in [-0.15, -0.1) is 0 Å². The van der Waals surface area contributed by atoms with E-state index in [0.717, 1.165) is 0 Å². The molecule has 1 atom stereocenters. The highest BCUT2D eigenvalue weighted by Crippen LogP contribution is 2.15. The number of amides is 1. The average Bonchev–Trinajstić information content (AvgIpc) is 3.08. The molecule has 1 saturated heterocycles. The van der Waals surface area contributed by atoms with E-state index in [2.05, 4.69) is 10.1 Å².